The fraction of sp³-hybridized carbons (Fsp3) is 0.143. The molecule has 0 fully saturated rings. The van der Waals surface area contributed by atoms with Gasteiger partial charge in [-0.05, 0) is 43.0 Å². The highest BCUT2D eigenvalue weighted by Crippen LogP contribution is 2.27. The fourth-order valence-electron chi connectivity index (χ4n) is 1.67. The molecule has 0 aliphatic carbocycles. The van der Waals surface area contributed by atoms with Gasteiger partial charge in [0.2, 0.25) is 5.95 Å². The van der Waals surface area contributed by atoms with Crippen LogP contribution in [0.3, 0.4) is 0 Å². The Balaban J connectivity index is 2.44. The average Bonchev–Trinajstić information content (AvgIpc) is 2.39. The highest BCUT2D eigenvalue weighted by molar-refractivity contribution is 5.65. The number of hydrogen-bond acceptors (Lipinski definition) is 3. The first-order valence-corrected chi connectivity index (χ1v) is 5.59. The van der Waals surface area contributed by atoms with Gasteiger partial charge in [0.1, 0.15) is 5.75 Å². The van der Waals surface area contributed by atoms with Crippen LogP contribution in [-0.4, -0.2) is 16.3 Å². The minimum Gasteiger partial charge on any atom is -0.508 e. The van der Waals surface area contributed by atoms with E-state index in [9.17, 15) is 9.50 Å². The lowest BCUT2D eigenvalue weighted by Crippen LogP contribution is -1.90. The topological polar surface area (TPSA) is 45.5 Å². The van der Waals surface area contributed by atoms with E-state index in [1.54, 1.807) is 36.5 Å². The zero-order valence-corrected chi connectivity index (χ0v) is 9.97. The lowest BCUT2D eigenvalue weighted by Gasteiger charge is -2.06. The molecule has 0 saturated heterocycles. The second-order valence-electron chi connectivity index (χ2n) is 3.78. The fourth-order valence-corrected chi connectivity index (χ4v) is 1.67. The molecule has 92 valence electrons. The maximum absolute atomic E-state index is 13.6. The predicted octanol–water partition coefficient (Wildman–Crippen LogP) is 3.18. The third-order valence-corrected chi connectivity index (χ3v) is 2.59. The largest absolute Gasteiger partial charge is 0.508 e. The number of aromatic nitrogens is 1. The first kappa shape index (κ1) is 12.2. The molecule has 0 spiro atoms. The van der Waals surface area contributed by atoms with Gasteiger partial charge in [0, 0.05) is 17.3 Å². The molecule has 1 aromatic carbocycles. The van der Waals surface area contributed by atoms with Crippen molar-refractivity contribution in [3.8, 4) is 16.9 Å². The van der Waals surface area contributed by atoms with Gasteiger partial charge in [-0.2, -0.15) is 4.39 Å². The standard InChI is InChI=1S/C14H13FN2O/c1-2-16-9-11-8-10(5-6-13(11)18)12-4-3-7-17-14(12)15/h2-8,18H,9H2,1H3. The van der Waals surface area contributed by atoms with E-state index >= 15 is 0 Å². The summed E-state index contributed by atoms with van der Waals surface area (Å²) in [5, 5.41) is 9.69. The zero-order valence-electron chi connectivity index (χ0n) is 9.97. The molecule has 0 aliphatic rings. The van der Waals surface area contributed by atoms with E-state index < -0.39 is 5.95 Å². The van der Waals surface area contributed by atoms with Crippen molar-refractivity contribution in [3.05, 3.63) is 48.0 Å². The third kappa shape index (κ3) is 2.53. The summed E-state index contributed by atoms with van der Waals surface area (Å²) in [6, 6.07) is 8.26. The molecule has 0 amide bonds. The molecule has 2 aromatic rings. The summed E-state index contributed by atoms with van der Waals surface area (Å²) in [6.45, 7) is 2.18. The molecule has 2 rings (SSSR count). The van der Waals surface area contributed by atoms with Crippen LogP contribution in [-0.2, 0) is 6.54 Å². The summed E-state index contributed by atoms with van der Waals surface area (Å²) in [7, 11) is 0. The Bertz CT molecular complexity index is 582. The maximum atomic E-state index is 13.6. The van der Waals surface area contributed by atoms with E-state index in [0.717, 1.165) is 0 Å². The van der Waals surface area contributed by atoms with Gasteiger partial charge in [0.25, 0.3) is 0 Å². The van der Waals surface area contributed by atoms with Crippen molar-refractivity contribution in [2.75, 3.05) is 0 Å². The molecule has 18 heavy (non-hydrogen) atoms. The highest BCUT2D eigenvalue weighted by Gasteiger charge is 2.08. The van der Waals surface area contributed by atoms with E-state index in [2.05, 4.69) is 9.98 Å². The summed E-state index contributed by atoms with van der Waals surface area (Å²) in [5.74, 6) is -0.359. The van der Waals surface area contributed by atoms with E-state index in [4.69, 9.17) is 0 Å². The van der Waals surface area contributed by atoms with Gasteiger partial charge >= 0.3 is 0 Å². The Morgan fingerprint density at radius 2 is 2.22 bits per heavy atom. The Kier molecular flexibility index (Phi) is 3.67. The number of hydrogen-bond donors (Lipinski definition) is 1. The summed E-state index contributed by atoms with van der Waals surface area (Å²) in [5.41, 5.74) is 1.76. The molecule has 0 saturated carbocycles. The summed E-state index contributed by atoms with van der Waals surface area (Å²) in [4.78, 5) is 7.68. The molecule has 1 N–H and O–H groups in total. The second kappa shape index (κ2) is 5.40. The minimum atomic E-state index is -0.520. The molecule has 3 nitrogen and oxygen atoms in total. The molecule has 0 atom stereocenters. The number of benzene rings is 1. The van der Waals surface area contributed by atoms with Crippen molar-refractivity contribution < 1.29 is 9.50 Å². The first-order chi connectivity index (χ1) is 8.72. The molecular formula is C14H13FN2O. The molecule has 0 bridgehead atoms. The van der Waals surface area contributed by atoms with Gasteiger partial charge in [-0.1, -0.05) is 6.07 Å². The second-order valence-corrected chi connectivity index (χ2v) is 3.78. The van der Waals surface area contributed by atoms with Crippen LogP contribution in [0.2, 0.25) is 0 Å². The number of pyridine rings is 1. The Morgan fingerprint density at radius 3 is 2.94 bits per heavy atom. The Hall–Kier alpha value is -2.23. The van der Waals surface area contributed by atoms with Crippen LogP contribution >= 0.6 is 0 Å². The van der Waals surface area contributed by atoms with Gasteiger partial charge in [-0.25, -0.2) is 4.98 Å². The number of halogens is 1. The van der Waals surface area contributed by atoms with E-state index in [-0.39, 0.29) is 5.75 Å². The number of aromatic hydroxyl groups is 1. The summed E-state index contributed by atoms with van der Waals surface area (Å²) in [6.07, 6.45) is 3.07. The maximum Gasteiger partial charge on any atom is 0.220 e. The number of phenols is 1. The SMILES string of the molecule is CC=NCc1cc(-c2cccnc2F)ccc1O. The van der Waals surface area contributed by atoms with E-state index in [1.165, 1.54) is 6.20 Å². The molecule has 1 heterocycles. The van der Waals surface area contributed by atoms with Crippen LogP contribution in [0.25, 0.3) is 11.1 Å². The van der Waals surface area contributed by atoms with Crippen molar-refractivity contribution in [2.24, 2.45) is 4.99 Å². The van der Waals surface area contributed by atoms with E-state index in [0.29, 0.717) is 23.2 Å². The highest BCUT2D eigenvalue weighted by atomic mass is 19.1. The lowest BCUT2D eigenvalue weighted by molar-refractivity contribution is 0.468. The quantitative estimate of drug-likeness (QED) is 0.665. The smallest absolute Gasteiger partial charge is 0.220 e. The van der Waals surface area contributed by atoms with Gasteiger partial charge in [-0.15, -0.1) is 0 Å². The van der Waals surface area contributed by atoms with Crippen LogP contribution in [0.15, 0.2) is 41.5 Å². The normalized spacial score (nSPS) is 11.0. The lowest BCUT2D eigenvalue weighted by atomic mass is 10.0. The van der Waals surface area contributed by atoms with Crippen LogP contribution < -0.4 is 0 Å². The van der Waals surface area contributed by atoms with Gasteiger partial charge in [-0.3, -0.25) is 4.99 Å². The van der Waals surface area contributed by atoms with Gasteiger partial charge in [0.05, 0.1) is 6.54 Å². The predicted molar refractivity (Wildman–Crippen MR) is 69.2 cm³/mol. The number of phenolic OH excluding ortho intramolecular Hbond substituents is 1. The molecule has 0 unspecified atom stereocenters. The van der Waals surface area contributed by atoms with Gasteiger partial charge < -0.3 is 5.11 Å². The Labute approximate surface area is 105 Å². The van der Waals surface area contributed by atoms with Crippen LogP contribution in [0.5, 0.6) is 5.75 Å². The zero-order chi connectivity index (χ0) is 13.0. The number of aliphatic imine (C=N–C) groups is 1. The van der Waals surface area contributed by atoms with Gasteiger partial charge in [0.15, 0.2) is 0 Å². The molecule has 4 heteroatoms. The number of nitrogens with zero attached hydrogens (tertiary/aromatic N) is 2. The van der Waals surface area contributed by atoms with Crippen molar-refractivity contribution >= 4 is 6.21 Å². The Morgan fingerprint density at radius 1 is 1.39 bits per heavy atom. The monoisotopic (exact) mass is 244 g/mol. The van der Waals surface area contributed by atoms with Crippen molar-refractivity contribution in [2.45, 2.75) is 13.5 Å². The van der Waals surface area contributed by atoms with Crippen LogP contribution in [0.1, 0.15) is 12.5 Å². The van der Waals surface area contributed by atoms with Crippen molar-refractivity contribution in [1.82, 2.24) is 4.98 Å². The summed E-state index contributed by atoms with van der Waals surface area (Å²) < 4.78 is 13.6. The average molecular weight is 244 g/mol. The molecule has 0 radical (unpaired) electrons. The van der Waals surface area contributed by atoms with E-state index in [1.807, 2.05) is 6.92 Å². The summed E-state index contributed by atoms with van der Waals surface area (Å²) >= 11 is 0. The van der Waals surface area contributed by atoms with Crippen LogP contribution in [0, 0.1) is 5.95 Å². The number of rotatable bonds is 3. The third-order valence-electron chi connectivity index (χ3n) is 2.59. The molecule has 0 aliphatic heterocycles. The molecular weight excluding hydrogens is 231 g/mol. The molecule has 1 aromatic heterocycles. The minimum absolute atomic E-state index is 0.161. The first-order valence-electron chi connectivity index (χ1n) is 5.59. The van der Waals surface area contributed by atoms with Crippen molar-refractivity contribution in [1.29, 1.82) is 0 Å². The van der Waals surface area contributed by atoms with Crippen molar-refractivity contribution in [3.63, 3.8) is 0 Å². The van der Waals surface area contributed by atoms with Crippen LogP contribution in [0.4, 0.5) is 4.39 Å².